The van der Waals surface area contributed by atoms with Crippen molar-refractivity contribution in [3.63, 3.8) is 0 Å². The fourth-order valence-electron chi connectivity index (χ4n) is 1.61. The molecule has 0 radical (unpaired) electrons. The number of halogens is 2. The van der Waals surface area contributed by atoms with E-state index in [0.717, 1.165) is 11.1 Å². The molecule has 2 aromatic rings. The molecule has 21 heavy (non-hydrogen) atoms. The van der Waals surface area contributed by atoms with Crippen LogP contribution in [-0.2, 0) is 17.9 Å². The number of rotatable bonds is 4. The lowest BCUT2D eigenvalue weighted by Crippen LogP contribution is -2.13. The lowest BCUT2D eigenvalue weighted by molar-refractivity contribution is 0.155. The van der Waals surface area contributed by atoms with Crippen molar-refractivity contribution < 1.29 is 9.53 Å². The molecule has 3 N–H and O–H groups in total. The Morgan fingerprint density at radius 3 is 2.19 bits per heavy atom. The van der Waals surface area contributed by atoms with Gasteiger partial charge >= 0.3 is 6.09 Å². The highest BCUT2D eigenvalue weighted by atomic mass is 35.5. The number of hydrogen-bond acceptors (Lipinski definition) is 3. The molecule has 0 saturated heterocycles. The molecule has 0 atom stereocenters. The Labute approximate surface area is 134 Å². The van der Waals surface area contributed by atoms with Crippen molar-refractivity contribution in [1.82, 2.24) is 0 Å². The average Bonchev–Trinajstić information content (AvgIpc) is 2.47. The zero-order valence-electron chi connectivity index (χ0n) is 11.2. The van der Waals surface area contributed by atoms with Gasteiger partial charge in [0.15, 0.2) is 0 Å². The smallest absolute Gasteiger partial charge is 0.411 e. The summed E-state index contributed by atoms with van der Waals surface area (Å²) in [6, 6.07) is 14.4. The summed E-state index contributed by atoms with van der Waals surface area (Å²) in [6.07, 6.45) is -0.500. The molecule has 0 heterocycles. The van der Waals surface area contributed by atoms with Gasteiger partial charge in [0.25, 0.3) is 0 Å². The molecule has 0 aliphatic heterocycles. The third kappa shape index (κ3) is 5.63. The minimum Gasteiger partial charge on any atom is -0.444 e. The van der Waals surface area contributed by atoms with Crippen molar-refractivity contribution in [3.8, 4) is 0 Å². The van der Waals surface area contributed by atoms with E-state index in [1.54, 1.807) is 24.3 Å². The fraction of sp³-hybridized carbons (Fsp3) is 0.133. The first-order valence-corrected chi connectivity index (χ1v) is 6.52. The zero-order valence-corrected chi connectivity index (χ0v) is 12.8. The predicted molar refractivity (Wildman–Crippen MR) is 86.8 cm³/mol. The van der Waals surface area contributed by atoms with E-state index in [-0.39, 0.29) is 19.0 Å². The molecule has 0 aromatic heterocycles. The van der Waals surface area contributed by atoms with Crippen molar-refractivity contribution in [2.24, 2.45) is 5.73 Å². The maximum atomic E-state index is 11.6. The molecule has 0 fully saturated rings. The van der Waals surface area contributed by atoms with Crippen LogP contribution >= 0.6 is 24.0 Å². The molecule has 4 nitrogen and oxygen atoms in total. The van der Waals surface area contributed by atoms with Gasteiger partial charge in [0.05, 0.1) is 0 Å². The van der Waals surface area contributed by atoms with Crippen molar-refractivity contribution in [2.75, 3.05) is 5.32 Å². The SMILES string of the molecule is Cl.NCc1ccc(NC(=O)OCc2ccc(Cl)cc2)cc1. The Kier molecular flexibility index (Phi) is 7.02. The maximum absolute atomic E-state index is 11.6. The molecular weight excluding hydrogens is 311 g/mol. The Balaban J connectivity index is 0.00000220. The molecule has 6 heteroatoms. The molecule has 2 rings (SSSR count). The van der Waals surface area contributed by atoms with E-state index in [1.165, 1.54) is 0 Å². The summed E-state index contributed by atoms with van der Waals surface area (Å²) in [6.45, 7) is 0.672. The number of nitrogens with one attached hydrogen (secondary N) is 1. The van der Waals surface area contributed by atoms with E-state index < -0.39 is 6.09 Å². The normalized spacial score (nSPS) is 9.62. The first kappa shape index (κ1) is 17.3. The van der Waals surface area contributed by atoms with Crippen LogP contribution in [0.3, 0.4) is 0 Å². The van der Waals surface area contributed by atoms with Gasteiger partial charge in [0, 0.05) is 17.3 Å². The highest BCUT2D eigenvalue weighted by Crippen LogP contribution is 2.12. The zero-order chi connectivity index (χ0) is 14.4. The molecule has 0 spiro atoms. The molecule has 2 aromatic carbocycles. The second-order valence-electron chi connectivity index (χ2n) is 4.23. The second-order valence-corrected chi connectivity index (χ2v) is 4.67. The highest BCUT2D eigenvalue weighted by molar-refractivity contribution is 6.30. The lowest BCUT2D eigenvalue weighted by Gasteiger charge is -2.07. The average molecular weight is 327 g/mol. The van der Waals surface area contributed by atoms with Crippen molar-refractivity contribution >= 4 is 35.8 Å². The van der Waals surface area contributed by atoms with Gasteiger partial charge in [-0.1, -0.05) is 35.9 Å². The van der Waals surface area contributed by atoms with Gasteiger partial charge in [-0.3, -0.25) is 5.32 Å². The number of anilines is 1. The molecule has 0 aliphatic rings. The molecule has 0 aliphatic carbocycles. The first-order chi connectivity index (χ1) is 9.67. The quantitative estimate of drug-likeness (QED) is 0.893. The highest BCUT2D eigenvalue weighted by Gasteiger charge is 2.03. The van der Waals surface area contributed by atoms with Gasteiger partial charge in [-0.25, -0.2) is 4.79 Å². The van der Waals surface area contributed by atoms with Crippen LogP contribution in [0, 0.1) is 0 Å². The van der Waals surface area contributed by atoms with Crippen LogP contribution in [0.1, 0.15) is 11.1 Å². The summed E-state index contributed by atoms with van der Waals surface area (Å²) in [5.74, 6) is 0. The summed E-state index contributed by atoms with van der Waals surface area (Å²) in [5, 5.41) is 3.30. The predicted octanol–water partition coefficient (Wildman–Crippen LogP) is 3.97. The van der Waals surface area contributed by atoms with Gasteiger partial charge in [-0.15, -0.1) is 12.4 Å². The summed E-state index contributed by atoms with van der Waals surface area (Å²) in [5.41, 5.74) is 8.05. The van der Waals surface area contributed by atoms with E-state index >= 15 is 0 Å². The summed E-state index contributed by atoms with van der Waals surface area (Å²) in [7, 11) is 0. The van der Waals surface area contributed by atoms with E-state index in [2.05, 4.69) is 5.32 Å². The minimum atomic E-state index is -0.500. The summed E-state index contributed by atoms with van der Waals surface area (Å²) < 4.78 is 5.11. The third-order valence-electron chi connectivity index (χ3n) is 2.72. The Morgan fingerprint density at radius 2 is 1.62 bits per heavy atom. The van der Waals surface area contributed by atoms with Crippen LogP contribution in [0.25, 0.3) is 0 Å². The number of carbonyl (C=O) groups excluding carboxylic acids is 1. The standard InChI is InChI=1S/C15H15ClN2O2.ClH/c16-13-5-1-12(2-6-13)10-20-15(19)18-14-7-3-11(9-17)4-8-14;/h1-8H,9-10,17H2,(H,18,19);1H. The fourth-order valence-corrected chi connectivity index (χ4v) is 1.73. The van der Waals surface area contributed by atoms with Gasteiger partial charge in [-0.2, -0.15) is 0 Å². The number of benzene rings is 2. The van der Waals surface area contributed by atoms with Crippen LogP contribution in [0.15, 0.2) is 48.5 Å². The minimum absolute atomic E-state index is 0. The van der Waals surface area contributed by atoms with E-state index in [1.807, 2.05) is 24.3 Å². The van der Waals surface area contributed by atoms with E-state index in [0.29, 0.717) is 17.3 Å². The summed E-state index contributed by atoms with van der Waals surface area (Å²) >= 11 is 5.78. The molecular formula is C15H16Cl2N2O2. The third-order valence-corrected chi connectivity index (χ3v) is 2.97. The molecule has 0 unspecified atom stereocenters. The Morgan fingerprint density at radius 1 is 1.05 bits per heavy atom. The van der Waals surface area contributed by atoms with Gasteiger partial charge in [-0.05, 0) is 35.4 Å². The van der Waals surface area contributed by atoms with Crippen molar-refractivity contribution in [1.29, 1.82) is 0 Å². The second kappa shape index (κ2) is 8.52. The maximum Gasteiger partial charge on any atom is 0.411 e. The van der Waals surface area contributed by atoms with Crippen LogP contribution in [-0.4, -0.2) is 6.09 Å². The van der Waals surface area contributed by atoms with Crippen LogP contribution in [0.4, 0.5) is 10.5 Å². The number of nitrogens with two attached hydrogens (primary N) is 1. The number of carbonyl (C=O) groups is 1. The number of ether oxygens (including phenoxy) is 1. The van der Waals surface area contributed by atoms with Gasteiger partial charge in [0.1, 0.15) is 6.61 Å². The molecule has 0 saturated carbocycles. The van der Waals surface area contributed by atoms with Crippen LogP contribution in [0.5, 0.6) is 0 Å². The van der Waals surface area contributed by atoms with Crippen molar-refractivity contribution in [3.05, 3.63) is 64.7 Å². The topological polar surface area (TPSA) is 64.3 Å². The first-order valence-electron chi connectivity index (χ1n) is 6.14. The van der Waals surface area contributed by atoms with E-state index in [9.17, 15) is 4.79 Å². The molecule has 0 bridgehead atoms. The Bertz CT molecular complexity index is 571. The number of amides is 1. The Hall–Kier alpha value is -1.75. The van der Waals surface area contributed by atoms with Crippen molar-refractivity contribution in [2.45, 2.75) is 13.2 Å². The number of hydrogen-bond donors (Lipinski definition) is 2. The largest absolute Gasteiger partial charge is 0.444 e. The van der Waals surface area contributed by atoms with Gasteiger partial charge < -0.3 is 10.5 Å². The molecule has 112 valence electrons. The van der Waals surface area contributed by atoms with Crippen LogP contribution in [0.2, 0.25) is 5.02 Å². The van der Waals surface area contributed by atoms with Crippen LogP contribution < -0.4 is 11.1 Å². The van der Waals surface area contributed by atoms with Gasteiger partial charge in [0.2, 0.25) is 0 Å². The molecule has 1 amide bonds. The summed E-state index contributed by atoms with van der Waals surface area (Å²) in [4.78, 5) is 11.6. The van der Waals surface area contributed by atoms with E-state index in [4.69, 9.17) is 22.1 Å². The lowest BCUT2D eigenvalue weighted by atomic mass is 10.2. The monoisotopic (exact) mass is 326 g/mol.